The number of amides is 1. The lowest BCUT2D eigenvalue weighted by Gasteiger charge is -2.52. The number of aliphatic hydroxyl groups is 1. The normalized spacial score (nSPS) is 29.8. The maximum atomic E-state index is 13.1. The number of aliphatic hydroxyl groups excluding tert-OH is 1. The van der Waals surface area contributed by atoms with Crippen molar-refractivity contribution in [3.63, 3.8) is 0 Å². The highest BCUT2D eigenvalue weighted by atomic mass is 16.3. The predicted octanol–water partition coefficient (Wildman–Crippen LogP) is 4.70. The van der Waals surface area contributed by atoms with E-state index >= 15 is 0 Å². The molecular weight excluding hydrogens is 396 g/mol. The van der Waals surface area contributed by atoms with Crippen LogP contribution >= 0.6 is 0 Å². The molecule has 0 radical (unpaired) electrons. The Balaban J connectivity index is 1.24. The molecule has 1 N–H and O–H groups in total. The van der Waals surface area contributed by atoms with Crippen molar-refractivity contribution >= 4 is 5.91 Å². The summed E-state index contributed by atoms with van der Waals surface area (Å²) in [5.74, 6) is 0.798. The van der Waals surface area contributed by atoms with Crippen molar-refractivity contribution in [2.45, 2.75) is 63.0 Å². The molecule has 2 aliphatic heterocycles. The number of hydrogen-bond acceptors (Lipinski definition) is 3. The van der Waals surface area contributed by atoms with Gasteiger partial charge in [-0.3, -0.25) is 9.69 Å². The zero-order valence-electron chi connectivity index (χ0n) is 19.0. The summed E-state index contributed by atoms with van der Waals surface area (Å²) in [4.78, 5) is 17.7. The number of likely N-dealkylation sites (tertiary alicyclic amines) is 2. The first-order chi connectivity index (χ1) is 15.6. The lowest BCUT2D eigenvalue weighted by atomic mass is 9.66. The van der Waals surface area contributed by atoms with Gasteiger partial charge in [0.05, 0.1) is 6.10 Å². The van der Waals surface area contributed by atoms with Crippen LogP contribution in [0.15, 0.2) is 60.7 Å². The highest BCUT2D eigenvalue weighted by Gasteiger charge is 2.45. The summed E-state index contributed by atoms with van der Waals surface area (Å²) < 4.78 is 0. The largest absolute Gasteiger partial charge is 0.391 e. The maximum absolute atomic E-state index is 13.1. The predicted molar refractivity (Wildman–Crippen MR) is 128 cm³/mol. The van der Waals surface area contributed by atoms with E-state index in [0.29, 0.717) is 5.92 Å². The molecule has 1 saturated carbocycles. The molecule has 0 aromatic heterocycles. The molecule has 32 heavy (non-hydrogen) atoms. The van der Waals surface area contributed by atoms with Crippen LogP contribution < -0.4 is 0 Å². The Bertz CT molecular complexity index is 894. The molecule has 3 atom stereocenters. The topological polar surface area (TPSA) is 43.8 Å². The van der Waals surface area contributed by atoms with E-state index in [1.54, 1.807) is 0 Å². The first-order valence-electron chi connectivity index (χ1n) is 12.4. The second-order valence-corrected chi connectivity index (χ2v) is 10.3. The summed E-state index contributed by atoms with van der Waals surface area (Å²) in [6.45, 7) is 3.81. The second-order valence-electron chi connectivity index (χ2n) is 10.3. The Morgan fingerprint density at radius 3 is 2.28 bits per heavy atom. The van der Waals surface area contributed by atoms with Crippen LogP contribution in [-0.2, 0) is 0 Å². The van der Waals surface area contributed by atoms with Crippen LogP contribution in [0, 0.1) is 5.41 Å². The summed E-state index contributed by atoms with van der Waals surface area (Å²) in [5.41, 5.74) is 2.40. The van der Waals surface area contributed by atoms with Gasteiger partial charge in [-0.2, -0.15) is 0 Å². The van der Waals surface area contributed by atoms with Gasteiger partial charge in [-0.25, -0.2) is 0 Å². The molecule has 2 aromatic rings. The standard InChI is InChI=1S/C28H36N2O2/c31-26-12-16-28(15-7-17-30(21-28)27(32)24-10-5-2-6-11-24)20-25(26)29-18-13-23(14-19-29)22-8-3-1-4-9-22/h1-6,8-11,23,25-26,31H,7,12-21H2/t25-,26-,28-/m1/s1. The molecular formula is C28H36N2O2. The van der Waals surface area contributed by atoms with E-state index in [1.165, 1.54) is 24.8 Å². The number of nitrogens with zero attached hydrogens (tertiary/aromatic N) is 2. The van der Waals surface area contributed by atoms with Crippen molar-refractivity contribution in [1.82, 2.24) is 9.80 Å². The third-order valence-electron chi connectivity index (χ3n) is 8.30. The van der Waals surface area contributed by atoms with Crippen molar-refractivity contribution in [2.24, 2.45) is 5.41 Å². The Morgan fingerprint density at radius 1 is 0.875 bits per heavy atom. The molecule has 5 rings (SSSR count). The van der Waals surface area contributed by atoms with Crippen LogP contribution in [0.25, 0.3) is 0 Å². The molecule has 3 aliphatic rings. The second kappa shape index (κ2) is 9.36. The molecule has 2 saturated heterocycles. The van der Waals surface area contributed by atoms with Gasteiger partial charge in [-0.05, 0) is 87.1 Å². The highest BCUT2D eigenvalue weighted by molar-refractivity contribution is 5.94. The Labute approximate surface area is 192 Å². The minimum atomic E-state index is -0.242. The van der Waals surface area contributed by atoms with E-state index < -0.39 is 0 Å². The maximum Gasteiger partial charge on any atom is 0.253 e. The lowest BCUT2D eigenvalue weighted by Crippen LogP contribution is -2.56. The van der Waals surface area contributed by atoms with Gasteiger partial charge in [0.25, 0.3) is 5.91 Å². The highest BCUT2D eigenvalue weighted by Crippen LogP contribution is 2.45. The minimum Gasteiger partial charge on any atom is -0.391 e. The average molecular weight is 433 g/mol. The van der Waals surface area contributed by atoms with E-state index in [-0.39, 0.29) is 23.5 Å². The Kier molecular flexibility index (Phi) is 6.34. The van der Waals surface area contributed by atoms with Gasteiger partial charge in [0.1, 0.15) is 0 Å². The minimum absolute atomic E-state index is 0.156. The molecule has 3 fully saturated rings. The number of hydrogen-bond donors (Lipinski definition) is 1. The molecule has 2 heterocycles. The van der Waals surface area contributed by atoms with Crippen LogP contribution in [0.2, 0.25) is 0 Å². The fourth-order valence-electron chi connectivity index (χ4n) is 6.51. The quantitative estimate of drug-likeness (QED) is 0.764. The van der Waals surface area contributed by atoms with Crippen molar-refractivity contribution < 1.29 is 9.90 Å². The smallest absolute Gasteiger partial charge is 0.253 e. The van der Waals surface area contributed by atoms with Crippen LogP contribution in [0.3, 0.4) is 0 Å². The van der Waals surface area contributed by atoms with Gasteiger partial charge < -0.3 is 10.0 Å². The Morgan fingerprint density at radius 2 is 1.56 bits per heavy atom. The summed E-state index contributed by atoms with van der Waals surface area (Å²) in [7, 11) is 0. The molecule has 1 aliphatic carbocycles. The summed E-state index contributed by atoms with van der Waals surface area (Å²) >= 11 is 0. The fraction of sp³-hybridized carbons (Fsp3) is 0.536. The lowest BCUT2D eigenvalue weighted by molar-refractivity contribution is -0.0546. The monoisotopic (exact) mass is 432 g/mol. The number of carbonyl (C=O) groups is 1. The van der Waals surface area contributed by atoms with Crippen LogP contribution in [0.4, 0.5) is 0 Å². The zero-order valence-corrected chi connectivity index (χ0v) is 19.0. The van der Waals surface area contributed by atoms with Crippen molar-refractivity contribution in [1.29, 1.82) is 0 Å². The van der Waals surface area contributed by atoms with E-state index in [1.807, 2.05) is 30.3 Å². The van der Waals surface area contributed by atoms with Crippen LogP contribution in [0.1, 0.15) is 66.8 Å². The van der Waals surface area contributed by atoms with Crippen molar-refractivity contribution in [2.75, 3.05) is 26.2 Å². The number of rotatable bonds is 3. The van der Waals surface area contributed by atoms with E-state index in [9.17, 15) is 9.90 Å². The van der Waals surface area contributed by atoms with Crippen LogP contribution in [-0.4, -0.2) is 59.1 Å². The molecule has 4 nitrogen and oxygen atoms in total. The van der Waals surface area contributed by atoms with E-state index in [2.05, 4.69) is 40.1 Å². The SMILES string of the molecule is O=C(c1ccccc1)N1CCC[C@]2(CC[C@@H](O)[C@H](N3CCC(c4ccccc4)CC3)C2)C1. The molecule has 2 aromatic carbocycles. The molecule has 4 heteroatoms. The van der Waals surface area contributed by atoms with Gasteiger partial charge in [0, 0.05) is 24.7 Å². The zero-order chi connectivity index (χ0) is 22.0. The molecule has 1 spiro atoms. The summed E-state index contributed by atoms with van der Waals surface area (Å²) in [6, 6.07) is 20.8. The van der Waals surface area contributed by atoms with Gasteiger partial charge in [-0.15, -0.1) is 0 Å². The fourth-order valence-corrected chi connectivity index (χ4v) is 6.51. The molecule has 0 unspecified atom stereocenters. The average Bonchev–Trinajstić information content (AvgIpc) is 2.86. The van der Waals surface area contributed by atoms with Gasteiger partial charge in [0.2, 0.25) is 0 Å². The van der Waals surface area contributed by atoms with Gasteiger partial charge in [0.15, 0.2) is 0 Å². The van der Waals surface area contributed by atoms with E-state index in [4.69, 9.17) is 0 Å². The van der Waals surface area contributed by atoms with Crippen molar-refractivity contribution in [3.8, 4) is 0 Å². The van der Waals surface area contributed by atoms with Crippen LogP contribution in [0.5, 0.6) is 0 Å². The number of benzene rings is 2. The number of piperidine rings is 2. The number of carbonyl (C=O) groups excluding carboxylic acids is 1. The first-order valence-corrected chi connectivity index (χ1v) is 12.4. The van der Waals surface area contributed by atoms with E-state index in [0.717, 1.165) is 57.4 Å². The van der Waals surface area contributed by atoms with Gasteiger partial charge >= 0.3 is 0 Å². The third-order valence-corrected chi connectivity index (χ3v) is 8.30. The Hall–Kier alpha value is -2.17. The van der Waals surface area contributed by atoms with Crippen molar-refractivity contribution in [3.05, 3.63) is 71.8 Å². The molecule has 170 valence electrons. The third kappa shape index (κ3) is 4.49. The summed E-state index contributed by atoms with van der Waals surface area (Å²) in [5, 5.41) is 10.9. The molecule has 0 bridgehead atoms. The summed E-state index contributed by atoms with van der Waals surface area (Å²) in [6.07, 6.45) is 7.24. The van der Waals surface area contributed by atoms with Gasteiger partial charge in [-0.1, -0.05) is 48.5 Å². The molecule has 1 amide bonds. The first kappa shape index (κ1) is 21.7.